The highest BCUT2D eigenvalue weighted by Crippen LogP contribution is 2.23. The van der Waals surface area contributed by atoms with Gasteiger partial charge in [-0.15, -0.1) is 0 Å². The first-order valence-electron chi connectivity index (χ1n) is 3.55. The molecule has 0 aliphatic rings. The maximum Gasteiger partial charge on any atom is 0.0617 e. The van der Waals surface area contributed by atoms with Crippen molar-refractivity contribution in [1.82, 2.24) is 0 Å². The molecule has 0 spiro atoms. The fraction of sp³-hybridized carbons (Fsp3) is 1.00. The lowest BCUT2D eigenvalue weighted by Gasteiger charge is -2.27. The zero-order valence-corrected chi connectivity index (χ0v) is 7.19. The zero-order chi connectivity index (χ0) is 7.49. The smallest absolute Gasteiger partial charge is 0.0617 e. The average molecular weight is 130 g/mol. The molecule has 0 aromatic rings. The summed E-state index contributed by atoms with van der Waals surface area (Å²) in [5, 5.41) is 0. The molecule has 0 amide bonds. The third kappa shape index (κ3) is 2.85. The Morgan fingerprint density at radius 2 is 1.78 bits per heavy atom. The van der Waals surface area contributed by atoms with E-state index in [1.54, 1.807) is 7.11 Å². The number of hydrogen-bond acceptors (Lipinski definition) is 1. The van der Waals surface area contributed by atoms with Crippen LogP contribution >= 0.6 is 0 Å². The van der Waals surface area contributed by atoms with Crippen molar-refractivity contribution >= 4 is 0 Å². The maximum absolute atomic E-state index is 5.26. The lowest BCUT2D eigenvalue weighted by Crippen LogP contribution is -2.27. The Kier molecular flexibility index (Phi) is 3.20. The van der Waals surface area contributed by atoms with Gasteiger partial charge in [-0.05, 0) is 11.8 Å². The topological polar surface area (TPSA) is 9.23 Å². The molecule has 0 unspecified atom stereocenters. The van der Waals surface area contributed by atoms with Crippen LogP contribution < -0.4 is 0 Å². The van der Waals surface area contributed by atoms with Crippen molar-refractivity contribution in [3.05, 3.63) is 0 Å². The van der Waals surface area contributed by atoms with Gasteiger partial charge in [0.15, 0.2) is 0 Å². The van der Waals surface area contributed by atoms with Gasteiger partial charge in [0.05, 0.1) is 6.10 Å². The number of hydrogen-bond donors (Lipinski definition) is 0. The first-order valence-corrected chi connectivity index (χ1v) is 3.55. The molecule has 0 heterocycles. The Morgan fingerprint density at radius 1 is 1.33 bits per heavy atom. The van der Waals surface area contributed by atoms with E-state index >= 15 is 0 Å². The van der Waals surface area contributed by atoms with Crippen LogP contribution in [0.1, 0.15) is 34.1 Å². The number of methoxy groups -OCH3 is 1. The van der Waals surface area contributed by atoms with E-state index in [1.807, 2.05) is 0 Å². The molecule has 0 rings (SSSR count). The van der Waals surface area contributed by atoms with Crippen LogP contribution in [0.2, 0.25) is 0 Å². The summed E-state index contributed by atoms with van der Waals surface area (Å²) in [7, 11) is 1.78. The van der Waals surface area contributed by atoms with Gasteiger partial charge >= 0.3 is 0 Å². The fourth-order valence-electron chi connectivity index (χ4n) is 1.13. The van der Waals surface area contributed by atoms with E-state index in [1.165, 1.54) is 0 Å². The molecule has 1 atom stereocenters. The minimum absolute atomic E-state index is 0.295. The van der Waals surface area contributed by atoms with Crippen molar-refractivity contribution in [3.8, 4) is 0 Å². The van der Waals surface area contributed by atoms with E-state index in [2.05, 4.69) is 27.7 Å². The van der Waals surface area contributed by atoms with Crippen molar-refractivity contribution < 1.29 is 4.74 Å². The predicted molar refractivity (Wildman–Crippen MR) is 40.5 cm³/mol. The SMILES string of the molecule is CC[C@@H](OC)C(C)(C)C. The molecule has 1 heteroatoms. The molecule has 0 radical (unpaired) electrons. The fourth-order valence-corrected chi connectivity index (χ4v) is 1.13. The molecule has 0 aliphatic heterocycles. The van der Waals surface area contributed by atoms with E-state index in [0.717, 1.165) is 6.42 Å². The summed E-state index contributed by atoms with van der Waals surface area (Å²) in [4.78, 5) is 0. The van der Waals surface area contributed by atoms with Gasteiger partial charge in [-0.3, -0.25) is 0 Å². The zero-order valence-electron chi connectivity index (χ0n) is 7.19. The summed E-state index contributed by atoms with van der Waals surface area (Å²) in [6.45, 7) is 8.75. The molecule has 1 nitrogen and oxygen atoms in total. The molecular formula is C8H18O. The van der Waals surface area contributed by atoms with Crippen LogP contribution in [0.25, 0.3) is 0 Å². The molecule has 0 fully saturated rings. The average Bonchev–Trinajstić information content (AvgIpc) is 1.65. The molecule has 0 bridgehead atoms. The highest BCUT2D eigenvalue weighted by Gasteiger charge is 2.21. The van der Waals surface area contributed by atoms with E-state index in [0.29, 0.717) is 11.5 Å². The third-order valence-electron chi connectivity index (χ3n) is 1.62. The Bertz CT molecular complexity index is 67.1. The number of rotatable bonds is 2. The van der Waals surface area contributed by atoms with Gasteiger partial charge in [0.1, 0.15) is 0 Å². The monoisotopic (exact) mass is 130 g/mol. The quantitative estimate of drug-likeness (QED) is 0.558. The third-order valence-corrected chi connectivity index (χ3v) is 1.62. The van der Waals surface area contributed by atoms with Crippen LogP contribution in [0.3, 0.4) is 0 Å². The second-order valence-corrected chi connectivity index (χ2v) is 3.50. The van der Waals surface area contributed by atoms with Crippen LogP contribution in [0.5, 0.6) is 0 Å². The highest BCUT2D eigenvalue weighted by molar-refractivity contribution is 4.71. The van der Waals surface area contributed by atoms with Gasteiger partial charge in [-0.1, -0.05) is 27.7 Å². The molecule has 0 aromatic heterocycles. The Hall–Kier alpha value is -0.0400. The summed E-state index contributed by atoms with van der Waals surface area (Å²) in [6, 6.07) is 0. The minimum Gasteiger partial charge on any atom is -0.381 e. The lowest BCUT2D eigenvalue weighted by molar-refractivity contribution is 0.0143. The number of ether oxygens (including phenoxy) is 1. The highest BCUT2D eigenvalue weighted by atomic mass is 16.5. The Morgan fingerprint density at radius 3 is 1.78 bits per heavy atom. The van der Waals surface area contributed by atoms with Crippen LogP contribution in [0.4, 0.5) is 0 Å². The summed E-state index contributed by atoms with van der Waals surface area (Å²) < 4.78 is 5.26. The minimum atomic E-state index is 0.295. The second kappa shape index (κ2) is 3.21. The first-order chi connectivity index (χ1) is 4.02. The van der Waals surface area contributed by atoms with Crippen molar-refractivity contribution in [2.45, 2.75) is 40.2 Å². The normalized spacial score (nSPS) is 15.7. The van der Waals surface area contributed by atoms with Gasteiger partial charge in [-0.2, -0.15) is 0 Å². The summed E-state index contributed by atoms with van der Waals surface area (Å²) in [6.07, 6.45) is 1.50. The van der Waals surface area contributed by atoms with E-state index in [-0.39, 0.29) is 0 Å². The van der Waals surface area contributed by atoms with Gasteiger partial charge in [0.25, 0.3) is 0 Å². The van der Waals surface area contributed by atoms with Crippen LogP contribution in [0.15, 0.2) is 0 Å². The van der Waals surface area contributed by atoms with Crippen LogP contribution in [0, 0.1) is 5.41 Å². The van der Waals surface area contributed by atoms with E-state index < -0.39 is 0 Å². The Labute approximate surface area is 58.4 Å². The predicted octanol–water partition coefficient (Wildman–Crippen LogP) is 2.46. The maximum atomic E-state index is 5.26. The van der Waals surface area contributed by atoms with Crippen molar-refractivity contribution in [1.29, 1.82) is 0 Å². The van der Waals surface area contributed by atoms with Gasteiger partial charge in [0, 0.05) is 7.11 Å². The van der Waals surface area contributed by atoms with Crippen molar-refractivity contribution in [2.75, 3.05) is 7.11 Å². The summed E-state index contributed by atoms with van der Waals surface area (Å²) >= 11 is 0. The molecule has 56 valence electrons. The Balaban J connectivity index is 3.79. The van der Waals surface area contributed by atoms with Gasteiger partial charge in [-0.25, -0.2) is 0 Å². The molecule has 0 N–H and O–H groups in total. The van der Waals surface area contributed by atoms with Gasteiger partial charge in [0.2, 0.25) is 0 Å². The largest absolute Gasteiger partial charge is 0.381 e. The molecule has 0 saturated heterocycles. The molecule has 9 heavy (non-hydrogen) atoms. The van der Waals surface area contributed by atoms with E-state index in [9.17, 15) is 0 Å². The molecule has 0 aliphatic carbocycles. The van der Waals surface area contributed by atoms with Crippen molar-refractivity contribution in [2.24, 2.45) is 5.41 Å². The van der Waals surface area contributed by atoms with Crippen LogP contribution in [-0.4, -0.2) is 13.2 Å². The van der Waals surface area contributed by atoms with Crippen molar-refractivity contribution in [3.63, 3.8) is 0 Å². The van der Waals surface area contributed by atoms with Gasteiger partial charge < -0.3 is 4.74 Å². The summed E-state index contributed by atoms with van der Waals surface area (Å²) in [5.74, 6) is 0. The second-order valence-electron chi connectivity index (χ2n) is 3.50. The lowest BCUT2D eigenvalue weighted by atomic mass is 9.87. The first kappa shape index (κ1) is 8.96. The standard InChI is InChI=1S/C8H18O/c1-6-7(9-5)8(2,3)4/h7H,6H2,1-5H3/t7-/m1/s1. The molecule has 0 saturated carbocycles. The molecular weight excluding hydrogens is 112 g/mol. The van der Waals surface area contributed by atoms with E-state index in [4.69, 9.17) is 4.74 Å². The molecule has 0 aromatic carbocycles. The summed E-state index contributed by atoms with van der Waals surface area (Å²) in [5.41, 5.74) is 0.295. The van der Waals surface area contributed by atoms with Crippen LogP contribution in [-0.2, 0) is 4.74 Å².